The van der Waals surface area contributed by atoms with Crippen LogP contribution in [0, 0.1) is 0 Å². The fourth-order valence-corrected chi connectivity index (χ4v) is 3.33. The molecule has 4 heteroatoms. The minimum absolute atomic E-state index is 0.535. The summed E-state index contributed by atoms with van der Waals surface area (Å²) in [7, 11) is 0. The van der Waals surface area contributed by atoms with Gasteiger partial charge in [0.15, 0.2) is 0 Å². The van der Waals surface area contributed by atoms with Crippen LogP contribution in [0.3, 0.4) is 0 Å². The third kappa shape index (κ3) is 3.28. The summed E-state index contributed by atoms with van der Waals surface area (Å²) in [6.45, 7) is 1.11. The molecule has 3 rings (SSSR count). The van der Waals surface area contributed by atoms with Crippen LogP contribution in [0.1, 0.15) is 30.0 Å². The van der Waals surface area contributed by atoms with E-state index in [0.29, 0.717) is 25.9 Å². The van der Waals surface area contributed by atoms with E-state index in [4.69, 9.17) is 0 Å². The molecule has 0 aromatic heterocycles. The normalized spacial score (nSPS) is 19.2. The Labute approximate surface area is 136 Å². The highest BCUT2D eigenvalue weighted by Gasteiger charge is 2.38. The van der Waals surface area contributed by atoms with Gasteiger partial charge in [0.2, 0.25) is 0 Å². The molecule has 1 heterocycles. The van der Waals surface area contributed by atoms with Crippen molar-refractivity contribution in [3.05, 3.63) is 71.8 Å². The molecule has 2 aromatic rings. The Balaban J connectivity index is 1.76. The highest BCUT2D eigenvalue weighted by atomic mass is 16.4. The average molecular weight is 311 g/mol. The topological polar surface area (TPSA) is 60.8 Å². The van der Waals surface area contributed by atoms with Crippen LogP contribution in [0.2, 0.25) is 0 Å². The molecule has 1 aliphatic heterocycles. The van der Waals surface area contributed by atoms with Gasteiger partial charge in [-0.05, 0) is 24.0 Å². The fraction of sp³-hybridized carbons (Fsp3) is 0.316. The lowest BCUT2D eigenvalue weighted by atomic mass is 9.83. The van der Waals surface area contributed by atoms with Gasteiger partial charge in [-0.15, -0.1) is 0 Å². The molecule has 0 spiro atoms. The van der Waals surface area contributed by atoms with Crippen molar-refractivity contribution in [3.8, 4) is 0 Å². The first kappa shape index (κ1) is 15.7. The summed E-state index contributed by atoms with van der Waals surface area (Å²) in [5.41, 5.74) is 0.828. The summed E-state index contributed by atoms with van der Waals surface area (Å²) in [4.78, 5) is 13.7. The maximum atomic E-state index is 11.7. The van der Waals surface area contributed by atoms with E-state index in [9.17, 15) is 15.0 Å². The standard InChI is InChI=1S/C19H21NO3/c21-18(22)17(15-7-3-1-4-8-15)20-13-11-19(23,12-14-20)16-9-5-2-6-10-16/h1-10,17,23H,11-14H2,(H,21,22). The number of aliphatic carboxylic acids is 1. The first-order valence-electron chi connectivity index (χ1n) is 7.90. The van der Waals surface area contributed by atoms with Crippen molar-refractivity contribution in [2.24, 2.45) is 0 Å². The van der Waals surface area contributed by atoms with Crippen LogP contribution in [-0.2, 0) is 10.4 Å². The van der Waals surface area contributed by atoms with Gasteiger partial charge in [-0.2, -0.15) is 0 Å². The van der Waals surface area contributed by atoms with E-state index in [2.05, 4.69) is 0 Å². The smallest absolute Gasteiger partial charge is 0.325 e. The fourth-order valence-electron chi connectivity index (χ4n) is 3.33. The van der Waals surface area contributed by atoms with Gasteiger partial charge in [-0.1, -0.05) is 60.7 Å². The quantitative estimate of drug-likeness (QED) is 0.911. The van der Waals surface area contributed by atoms with Gasteiger partial charge in [0.05, 0.1) is 5.60 Å². The molecule has 2 aromatic carbocycles. The molecule has 1 aliphatic rings. The van der Waals surface area contributed by atoms with Crippen LogP contribution in [0.5, 0.6) is 0 Å². The van der Waals surface area contributed by atoms with Gasteiger partial charge >= 0.3 is 5.97 Å². The van der Waals surface area contributed by atoms with Crippen LogP contribution in [0.4, 0.5) is 0 Å². The first-order valence-corrected chi connectivity index (χ1v) is 7.90. The highest BCUT2D eigenvalue weighted by Crippen LogP contribution is 2.35. The van der Waals surface area contributed by atoms with Crippen molar-refractivity contribution in [1.82, 2.24) is 4.90 Å². The van der Waals surface area contributed by atoms with Gasteiger partial charge in [0, 0.05) is 13.1 Å². The molecule has 1 fully saturated rings. The second kappa shape index (κ2) is 6.52. The van der Waals surface area contributed by atoms with Crippen molar-refractivity contribution < 1.29 is 15.0 Å². The zero-order chi connectivity index (χ0) is 16.3. The number of nitrogens with zero attached hydrogens (tertiary/aromatic N) is 1. The molecular weight excluding hydrogens is 290 g/mol. The molecule has 1 saturated heterocycles. The third-order valence-electron chi connectivity index (χ3n) is 4.65. The van der Waals surface area contributed by atoms with Crippen molar-refractivity contribution in [3.63, 3.8) is 0 Å². The summed E-state index contributed by atoms with van der Waals surface area (Å²) >= 11 is 0. The Bertz CT molecular complexity index is 649. The van der Waals surface area contributed by atoms with E-state index in [1.54, 1.807) is 0 Å². The minimum atomic E-state index is -0.864. The van der Waals surface area contributed by atoms with Crippen LogP contribution in [0.25, 0.3) is 0 Å². The van der Waals surface area contributed by atoms with E-state index in [0.717, 1.165) is 11.1 Å². The summed E-state index contributed by atoms with van der Waals surface area (Å²) in [5.74, 6) is -0.846. The van der Waals surface area contributed by atoms with Gasteiger partial charge in [-0.3, -0.25) is 9.69 Å². The number of benzene rings is 2. The number of hydrogen-bond acceptors (Lipinski definition) is 3. The van der Waals surface area contributed by atoms with Gasteiger partial charge in [0.25, 0.3) is 0 Å². The Morgan fingerprint density at radius 1 is 0.957 bits per heavy atom. The molecular formula is C19H21NO3. The molecule has 1 atom stereocenters. The lowest BCUT2D eigenvalue weighted by Gasteiger charge is -2.40. The summed E-state index contributed by atoms with van der Waals surface area (Å²) in [6.07, 6.45) is 1.07. The number of piperidine rings is 1. The van der Waals surface area contributed by atoms with Gasteiger partial charge in [-0.25, -0.2) is 0 Å². The molecule has 0 aliphatic carbocycles. The lowest BCUT2D eigenvalue weighted by molar-refractivity contribution is -0.145. The van der Waals surface area contributed by atoms with Crippen LogP contribution < -0.4 is 0 Å². The maximum absolute atomic E-state index is 11.7. The molecule has 1 unspecified atom stereocenters. The molecule has 2 N–H and O–H groups in total. The number of rotatable bonds is 4. The average Bonchev–Trinajstić information content (AvgIpc) is 2.58. The van der Waals surface area contributed by atoms with Crippen molar-refractivity contribution in [2.75, 3.05) is 13.1 Å². The van der Waals surface area contributed by atoms with Crippen LogP contribution >= 0.6 is 0 Å². The van der Waals surface area contributed by atoms with Crippen molar-refractivity contribution in [2.45, 2.75) is 24.5 Å². The van der Waals surface area contributed by atoms with Crippen LogP contribution in [0.15, 0.2) is 60.7 Å². The number of hydrogen-bond donors (Lipinski definition) is 2. The van der Waals surface area contributed by atoms with E-state index < -0.39 is 17.6 Å². The number of likely N-dealkylation sites (tertiary alicyclic amines) is 1. The van der Waals surface area contributed by atoms with Gasteiger partial charge < -0.3 is 10.2 Å². The van der Waals surface area contributed by atoms with Crippen molar-refractivity contribution >= 4 is 5.97 Å². The van der Waals surface area contributed by atoms with Gasteiger partial charge in [0.1, 0.15) is 6.04 Å². The molecule has 0 amide bonds. The van der Waals surface area contributed by atoms with E-state index in [1.807, 2.05) is 65.6 Å². The molecule has 23 heavy (non-hydrogen) atoms. The summed E-state index contributed by atoms with van der Waals surface area (Å²) in [6, 6.07) is 18.3. The Morgan fingerprint density at radius 3 is 2.00 bits per heavy atom. The molecule has 0 bridgehead atoms. The second-order valence-corrected chi connectivity index (χ2v) is 6.09. The number of aliphatic hydroxyl groups is 1. The third-order valence-corrected chi connectivity index (χ3v) is 4.65. The molecule has 0 radical (unpaired) electrons. The SMILES string of the molecule is O=C(O)C(c1ccccc1)N1CCC(O)(c2ccccc2)CC1. The Hall–Kier alpha value is -2.17. The van der Waals surface area contributed by atoms with E-state index >= 15 is 0 Å². The largest absolute Gasteiger partial charge is 0.480 e. The van der Waals surface area contributed by atoms with Crippen LogP contribution in [-0.4, -0.2) is 34.2 Å². The zero-order valence-electron chi connectivity index (χ0n) is 12.9. The lowest BCUT2D eigenvalue weighted by Crippen LogP contribution is -2.45. The Kier molecular flexibility index (Phi) is 4.46. The first-order chi connectivity index (χ1) is 11.1. The second-order valence-electron chi connectivity index (χ2n) is 6.09. The zero-order valence-corrected chi connectivity index (χ0v) is 12.9. The molecule has 4 nitrogen and oxygen atoms in total. The highest BCUT2D eigenvalue weighted by molar-refractivity contribution is 5.75. The summed E-state index contributed by atoms with van der Waals surface area (Å²) < 4.78 is 0. The van der Waals surface area contributed by atoms with E-state index in [1.165, 1.54) is 0 Å². The molecule has 120 valence electrons. The number of carboxylic acid groups (broad SMARTS) is 1. The number of carboxylic acids is 1. The maximum Gasteiger partial charge on any atom is 0.325 e. The van der Waals surface area contributed by atoms with Crippen molar-refractivity contribution in [1.29, 1.82) is 0 Å². The van der Waals surface area contributed by atoms with E-state index in [-0.39, 0.29) is 0 Å². The predicted molar refractivity (Wildman–Crippen MR) is 88.0 cm³/mol. The summed E-state index contributed by atoms with van der Waals surface area (Å²) in [5, 5.41) is 20.5. The number of carbonyl (C=O) groups is 1. The monoisotopic (exact) mass is 311 g/mol. The predicted octanol–water partition coefficient (Wildman–Crippen LogP) is 2.80. The molecule has 0 saturated carbocycles. The minimum Gasteiger partial charge on any atom is -0.480 e. The Morgan fingerprint density at radius 2 is 1.48 bits per heavy atom.